The van der Waals surface area contributed by atoms with Crippen LogP contribution in [0.5, 0.6) is 5.75 Å². The van der Waals surface area contributed by atoms with Crippen molar-refractivity contribution in [2.24, 2.45) is 0 Å². The Balaban J connectivity index is 1.79. The van der Waals surface area contributed by atoms with Gasteiger partial charge in [0.05, 0.1) is 12.0 Å². The van der Waals surface area contributed by atoms with Gasteiger partial charge in [-0.25, -0.2) is 0 Å². The van der Waals surface area contributed by atoms with Crippen LogP contribution in [0.2, 0.25) is 0 Å². The topological polar surface area (TPSA) is 49.9 Å². The number of nitrogens with zero attached hydrogens (tertiary/aromatic N) is 2. The first-order valence-corrected chi connectivity index (χ1v) is 8.29. The van der Waals surface area contributed by atoms with E-state index in [-0.39, 0.29) is 11.8 Å². The molecule has 0 N–H and O–H groups in total. The van der Waals surface area contributed by atoms with Gasteiger partial charge in [-0.2, -0.15) is 0 Å². The van der Waals surface area contributed by atoms with Crippen LogP contribution in [-0.4, -0.2) is 43.0 Å². The largest absolute Gasteiger partial charge is 0.497 e. The Morgan fingerprint density at radius 3 is 2.78 bits per heavy atom. The molecular formula is C17H18N2O3S. The summed E-state index contributed by atoms with van der Waals surface area (Å²) in [7, 11) is 1.60. The molecule has 2 heterocycles. The third-order valence-electron chi connectivity index (χ3n) is 4.01. The Labute approximate surface area is 139 Å². The fraction of sp³-hybridized carbons (Fsp3) is 0.294. The molecule has 0 radical (unpaired) electrons. The highest BCUT2D eigenvalue weighted by molar-refractivity contribution is 7.12. The van der Waals surface area contributed by atoms with Gasteiger partial charge in [-0.15, -0.1) is 11.3 Å². The highest BCUT2D eigenvalue weighted by atomic mass is 32.1. The van der Waals surface area contributed by atoms with Crippen LogP contribution in [0.25, 0.3) is 0 Å². The number of benzene rings is 1. The summed E-state index contributed by atoms with van der Waals surface area (Å²) in [4.78, 5) is 29.2. The molecule has 0 unspecified atom stereocenters. The maximum atomic E-state index is 12.7. The summed E-state index contributed by atoms with van der Waals surface area (Å²) in [5.41, 5.74) is 0.796. The van der Waals surface area contributed by atoms with Gasteiger partial charge in [0.15, 0.2) is 0 Å². The molecule has 120 valence electrons. The molecule has 0 aliphatic carbocycles. The molecule has 1 aromatic heterocycles. The lowest BCUT2D eigenvalue weighted by Gasteiger charge is -2.39. The van der Waals surface area contributed by atoms with Gasteiger partial charge < -0.3 is 14.5 Å². The number of anilines is 1. The molecular weight excluding hydrogens is 312 g/mol. The van der Waals surface area contributed by atoms with Crippen LogP contribution in [0.3, 0.4) is 0 Å². The maximum absolute atomic E-state index is 12.7. The van der Waals surface area contributed by atoms with E-state index in [9.17, 15) is 9.59 Å². The fourth-order valence-electron chi connectivity index (χ4n) is 2.72. The zero-order valence-corrected chi connectivity index (χ0v) is 13.9. The minimum absolute atomic E-state index is 0.0746. The van der Waals surface area contributed by atoms with Crippen LogP contribution >= 0.6 is 11.3 Å². The van der Waals surface area contributed by atoms with Crippen LogP contribution < -0.4 is 9.64 Å². The van der Waals surface area contributed by atoms with Crippen molar-refractivity contribution in [3.63, 3.8) is 0 Å². The predicted molar refractivity (Wildman–Crippen MR) is 90.2 cm³/mol. The molecule has 6 heteroatoms. The van der Waals surface area contributed by atoms with Gasteiger partial charge in [0.25, 0.3) is 5.91 Å². The smallest absolute Gasteiger partial charge is 0.264 e. The number of ether oxygens (including phenoxy) is 1. The van der Waals surface area contributed by atoms with Crippen molar-refractivity contribution in [2.75, 3.05) is 25.1 Å². The van der Waals surface area contributed by atoms with Crippen molar-refractivity contribution in [3.05, 3.63) is 46.7 Å². The highest BCUT2D eigenvalue weighted by Gasteiger charge is 2.35. The number of thiophene rings is 1. The van der Waals surface area contributed by atoms with E-state index in [0.29, 0.717) is 23.7 Å². The molecule has 0 saturated carbocycles. The molecule has 3 rings (SSSR count). The molecule has 1 saturated heterocycles. The Hall–Kier alpha value is -2.34. The lowest BCUT2D eigenvalue weighted by Crippen LogP contribution is -2.57. The third kappa shape index (κ3) is 2.94. The number of hydrogen-bond acceptors (Lipinski definition) is 4. The van der Waals surface area contributed by atoms with Gasteiger partial charge in [-0.05, 0) is 30.5 Å². The van der Waals surface area contributed by atoms with Crippen molar-refractivity contribution in [2.45, 2.75) is 13.0 Å². The molecule has 1 fully saturated rings. The summed E-state index contributed by atoms with van der Waals surface area (Å²) >= 11 is 1.40. The zero-order chi connectivity index (χ0) is 16.4. The van der Waals surface area contributed by atoms with E-state index in [1.54, 1.807) is 29.9 Å². The molecule has 0 spiro atoms. The van der Waals surface area contributed by atoms with Crippen molar-refractivity contribution in [1.82, 2.24) is 4.90 Å². The summed E-state index contributed by atoms with van der Waals surface area (Å²) in [5, 5.41) is 1.87. The SMILES string of the molecule is COc1cccc(N2CCN(C(=O)c3cccs3)[C@@H](C)C2=O)c1. The number of carbonyl (C=O) groups excluding carboxylic acids is 2. The van der Waals surface area contributed by atoms with E-state index in [0.717, 1.165) is 5.69 Å². The second kappa shape index (κ2) is 6.42. The predicted octanol–water partition coefficient (Wildman–Crippen LogP) is 2.63. The van der Waals surface area contributed by atoms with Gasteiger partial charge in [0.1, 0.15) is 11.8 Å². The quantitative estimate of drug-likeness (QED) is 0.869. The van der Waals surface area contributed by atoms with Crippen LogP contribution in [0, 0.1) is 0 Å². The standard InChI is InChI=1S/C17H18N2O3S/c1-12-16(20)19(13-5-3-6-14(11-13)22-2)9-8-18(12)17(21)15-7-4-10-23-15/h3-7,10-12H,8-9H2,1-2H3/t12-/m0/s1. The zero-order valence-electron chi connectivity index (χ0n) is 13.1. The molecule has 1 atom stereocenters. The number of piperazine rings is 1. The van der Waals surface area contributed by atoms with Crippen molar-refractivity contribution >= 4 is 28.8 Å². The minimum Gasteiger partial charge on any atom is -0.497 e. The first-order valence-electron chi connectivity index (χ1n) is 7.41. The fourth-order valence-corrected chi connectivity index (χ4v) is 3.40. The van der Waals surface area contributed by atoms with Crippen LogP contribution in [0.15, 0.2) is 41.8 Å². The molecule has 2 amide bonds. The van der Waals surface area contributed by atoms with E-state index in [4.69, 9.17) is 4.74 Å². The first-order chi connectivity index (χ1) is 11.1. The number of rotatable bonds is 3. The summed E-state index contributed by atoms with van der Waals surface area (Å²) in [5.74, 6) is 0.556. The molecule has 0 bridgehead atoms. The molecule has 5 nitrogen and oxygen atoms in total. The van der Waals surface area contributed by atoms with Gasteiger partial charge in [-0.3, -0.25) is 9.59 Å². The van der Waals surface area contributed by atoms with Crippen LogP contribution in [0.4, 0.5) is 5.69 Å². The maximum Gasteiger partial charge on any atom is 0.264 e. The van der Waals surface area contributed by atoms with Gasteiger partial charge in [-0.1, -0.05) is 12.1 Å². The summed E-state index contributed by atoms with van der Waals surface area (Å²) < 4.78 is 5.21. The summed E-state index contributed by atoms with van der Waals surface area (Å²) in [6, 6.07) is 10.6. The Morgan fingerprint density at radius 1 is 1.26 bits per heavy atom. The Bertz CT molecular complexity index is 714. The van der Waals surface area contributed by atoms with Gasteiger partial charge in [0.2, 0.25) is 5.91 Å². The average Bonchev–Trinajstić information content (AvgIpc) is 3.11. The third-order valence-corrected chi connectivity index (χ3v) is 4.87. The lowest BCUT2D eigenvalue weighted by atomic mass is 10.1. The van der Waals surface area contributed by atoms with Crippen LogP contribution in [-0.2, 0) is 4.79 Å². The monoisotopic (exact) mass is 330 g/mol. The molecule has 1 aromatic carbocycles. The Morgan fingerprint density at radius 2 is 2.09 bits per heavy atom. The van der Waals surface area contributed by atoms with E-state index >= 15 is 0 Å². The first kappa shape index (κ1) is 15.6. The number of carbonyl (C=O) groups is 2. The van der Waals surface area contributed by atoms with E-state index in [1.165, 1.54) is 11.3 Å². The van der Waals surface area contributed by atoms with Gasteiger partial charge in [0, 0.05) is 24.8 Å². The summed E-state index contributed by atoms with van der Waals surface area (Å²) in [6.45, 7) is 2.77. The van der Waals surface area contributed by atoms with Crippen LogP contribution in [0.1, 0.15) is 16.6 Å². The summed E-state index contributed by atoms with van der Waals surface area (Å²) in [6.07, 6.45) is 0. The van der Waals surface area contributed by atoms with E-state index in [2.05, 4.69) is 0 Å². The van der Waals surface area contributed by atoms with Gasteiger partial charge >= 0.3 is 0 Å². The highest BCUT2D eigenvalue weighted by Crippen LogP contribution is 2.25. The number of amides is 2. The molecule has 2 aromatic rings. The van der Waals surface area contributed by atoms with Crippen molar-refractivity contribution in [1.29, 1.82) is 0 Å². The Kier molecular flexibility index (Phi) is 4.34. The number of methoxy groups -OCH3 is 1. The lowest BCUT2D eigenvalue weighted by molar-refractivity contribution is -0.124. The number of hydrogen-bond donors (Lipinski definition) is 0. The van der Waals surface area contributed by atoms with Crippen molar-refractivity contribution < 1.29 is 14.3 Å². The van der Waals surface area contributed by atoms with E-state index < -0.39 is 6.04 Å². The molecule has 23 heavy (non-hydrogen) atoms. The normalized spacial score (nSPS) is 18.2. The van der Waals surface area contributed by atoms with Crippen molar-refractivity contribution in [3.8, 4) is 5.75 Å². The molecule has 1 aliphatic heterocycles. The van der Waals surface area contributed by atoms with E-state index in [1.807, 2.05) is 35.7 Å². The minimum atomic E-state index is -0.482. The second-order valence-electron chi connectivity index (χ2n) is 5.34. The average molecular weight is 330 g/mol. The molecule has 1 aliphatic rings. The second-order valence-corrected chi connectivity index (χ2v) is 6.29.